The Morgan fingerprint density at radius 3 is 2.07 bits per heavy atom. The van der Waals surface area contributed by atoms with Crippen molar-refractivity contribution in [1.82, 2.24) is 0 Å². The maximum atomic E-state index is 9.60. The number of carbonyl (C=O) groups is 1. The van der Waals surface area contributed by atoms with Crippen LogP contribution in [0.5, 0.6) is 5.75 Å². The molecule has 0 aromatic heterocycles. The zero-order chi connectivity index (χ0) is 20.0. The van der Waals surface area contributed by atoms with Gasteiger partial charge in [0.05, 0.1) is 5.69 Å². The van der Waals surface area contributed by atoms with E-state index in [1.54, 1.807) is 12.9 Å². The molecule has 0 radical (unpaired) electrons. The molecule has 0 atom stereocenters. The van der Waals surface area contributed by atoms with Crippen LogP contribution < -0.4 is 9.62 Å². The molecule has 142 valence electrons. The van der Waals surface area contributed by atoms with Crippen LogP contribution in [0.15, 0.2) is 42.5 Å². The van der Waals surface area contributed by atoms with E-state index in [4.69, 9.17) is 4.79 Å². The maximum Gasteiger partial charge on any atom is 0.409 e. The van der Waals surface area contributed by atoms with Gasteiger partial charge in [0.15, 0.2) is 0 Å². The molecule has 3 N–H and O–H groups in total. The number of hydrogen-bond donors (Lipinski definition) is 3. The average molecular weight is 368 g/mol. The summed E-state index contributed by atoms with van der Waals surface area (Å²) in [5.74, 6) is 0.260. The number of benzene rings is 2. The van der Waals surface area contributed by atoms with Crippen LogP contribution in [0.3, 0.4) is 0 Å². The summed E-state index contributed by atoms with van der Waals surface area (Å²) < 4.78 is 0. The van der Waals surface area contributed by atoms with Crippen molar-refractivity contribution in [2.24, 2.45) is 0 Å². The molecule has 2 aliphatic heterocycles. The highest BCUT2D eigenvalue weighted by molar-refractivity contribution is 6.54. The Kier molecular flexibility index (Phi) is 7.33. The van der Waals surface area contributed by atoms with Crippen molar-refractivity contribution in [1.29, 1.82) is 0 Å². The molecular formula is C19H26B2N2O4. The second-order valence-electron chi connectivity index (χ2n) is 6.56. The van der Waals surface area contributed by atoms with Crippen molar-refractivity contribution >= 4 is 32.3 Å². The zero-order valence-electron chi connectivity index (χ0n) is 15.9. The number of phenolic OH excluding ortho intramolecular Hbond substituents is 1. The molecule has 0 saturated heterocycles. The molecule has 0 bridgehead atoms. The first kappa shape index (κ1) is 20.9. The van der Waals surface area contributed by atoms with Crippen molar-refractivity contribution in [2.75, 3.05) is 22.7 Å². The lowest BCUT2D eigenvalue weighted by molar-refractivity contribution is -0.0979. The number of anilines is 2. The summed E-state index contributed by atoms with van der Waals surface area (Å²) in [6.07, 6.45) is 1.95. The van der Waals surface area contributed by atoms with Gasteiger partial charge in [0.2, 0.25) is 0 Å². The van der Waals surface area contributed by atoms with E-state index in [2.05, 4.69) is 12.1 Å². The molecule has 2 aromatic rings. The molecule has 0 unspecified atom stereocenters. The first-order valence-corrected chi connectivity index (χ1v) is 9.06. The SMILES string of the molecule is C=O.CB(O)N1CCc2cccc(O)c21.CB(O)N1CCc2ccccc21. The molecule has 8 heteroatoms. The summed E-state index contributed by atoms with van der Waals surface area (Å²) in [7, 11) is -0.900. The zero-order valence-corrected chi connectivity index (χ0v) is 15.9. The van der Waals surface area contributed by atoms with Crippen LogP contribution in [0, 0.1) is 0 Å². The van der Waals surface area contributed by atoms with E-state index in [-0.39, 0.29) is 12.8 Å². The Labute approximate surface area is 161 Å². The van der Waals surface area contributed by atoms with Crippen LogP contribution in [0.1, 0.15) is 11.1 Å². The van der Waals surface area contributed by atoms with E-state index >= 15 is 0 Å². The van der Waals surface area contributed by atoms with Gasteiger partial charge in [-0.25, -0.2) is 0 Å². The number of phenols is 1. The summed E-state index contributed by atoms with van der Waals surface area (Å²) in [5.41, 5.74) is 4.43. The van der Waals surface area contributed by atoms with Crippen LogP contribution in [0.2, 0.25) is 13.6 Å². The van der Waals surface area contributed by atoms with Gasteiger partial charge in [-0.2, -0.15) is 0 Å². The molecule has 27 heavy (non-hydrogen) atoms. The monoisotopic (exact) mass is 368 g/mol. The van der Waals surface area contributed by atoms with Crippen molar-refractivity contribution in [3.8, 4) is 5.75 Å². The van der Waals surface area contributed by atoms with Gasteiger partial charge in [-0.3, -0.25) is 0 Å². The highest BCUT2D eigenvalue weighted by Crippen LogP contribution is 2.36. The molecular weight excluding hydrogens is 342 g/mol. The topological polar surface area (TPSA) is 84.2 Å². The van der Waals surface area contributed by atoms with Gasteiger partial charge in [-0.15, -0.1) is 0 Å². The number of carbonyl (C=O) groups excluding carboxylic acids is 1. The Hall–Kier alpha value is -2.44. The molecule has 0 saturated carbocycles. The van der Waals surface area contributed by atoms with Gasteiger partial charge in [-0.1, -0.05) is 30.3 Å². The predicted octanol–water partition coefficient (Wildman–Crippen LogP) is 1.84. The summed E-state index contributed by atoms with van der Waals surface area (Å²) in [4.78, 5) is 11.8. The molecule has 4 rings (SSSR count). The molecule has 2 heterocycles. The van der Waals surface area contributed by atoms with E-state index in [1.807, 2.05) is 47.5 Å². The fourth-order valence-electron chi connectivity index (χ4n) is 3.59. The minimum atomic E-state index is -0.533. The van der Waals surface area contributed by atoms with E-state index in [0.29, 0.717) is 0 Å². The van der Waals surface area contributed by atoms with E-state index in [1.165, 1.54) is 11.3 Å². The Morgan fingerprint density at radius 1 is 0.852 bits per heavy atom. The van der Waals surface area contributed by atoms with Crippen LogP contribution in [-0.2, 0) is 17.6 Å². The van der Waals surface area contributed by atoms with Crippen LogP contribution in [0.25, 0.3) is 0 Å². The fourth-order valence-corrected chi connectivity index (χ4v) is 3.59. The quantitative estimate of drug-likeness (QED) is 0.702. The number of aromatic hydroxyl groups is 1. The third kappa shape index (κ3) is 4.64. The lowest BCUT2D eigenvalue weighted by atomic mass is 9.85. The van der Waals surface area contributed by atoms with Crippen molar-refractivity contribution < 1.29 is 19.9 Å². The second-order valence-corrected chi connectivity index (χ2v) is 6.56. The van der Waals surface area contributed by atoms with Crippen molar-refractivity contribution in [3.05, 3.63) is 53.6 Å². The highest BCUT2D eigenvalue weighted by atomic mass is 16.3. The van der Waals surface area contributed by atoms with E-state index in [0.717, 1.165) is 37.2 Å². The van der Waals surface area contributed by atoms with Crippen molar-refractivity contribution in [3.63, 3.8) is 0 Å². The molecule has 6 nitrogen and oxygen atoms in total. The maximum absolute atomic E-state index is 9.60. The largest absolute Gasteiger partial charge is 0.506 e. The Morgan fingerprint density at radius 2 is 1.41 bits per heavy atom. The van der Waals surface area contributed by atoms with Gasteiger partial charge >= 0.3 is 14.1 Å². The molecule has 2 aliphatic rings. The smallest absolute Gasteiger partial charge is 0.409 e. The standard InChI is InChI=1S/C9H12BNO2.C9H12BNO.CH2O/c1-10(13)11-6-5-7-3-2-4-8(12)9(7)11;1-10(12)11-7-6-8-4-2-3-5-9(8)11;1-2/h2-4,12-13H,5-6H2,1H3;2-5,12H,6-7H2,1H3;1H2. The van der Waals surface area contributed by atoms with Gasteiger partial charge in [-0.05, 0) is 49.7 Å². The molecule has 0 amide bonds. The fraction of sp³-hybridized carbons (Fsp3) is 0.316. The first-order valence-electron chi connectivity index (χ1n) is 9.06. The Balaban J connectivity index is 0.000000178. The minimum Gasteiger partial charge on any atom is -0.506 e. The third-order valence-electron chi connectivity index (χ3n) is 4.83. The molecule has 0 fully saturated rings. The number of hydrogen-bond acceptors (Lipinski definition) is 6. The lowest BCUT2D eigenvalue weighted by Gasteiger charge is -2.20. The number of fused-ring (bicyclic) bond motifs is 2. The summed E-state index contributed by atoms with van der Waals surface area (Å²) in [5, 5.41) is 28.5. The Bertz CT molecular complexity index is 758. The molecule has 0 spiro atoms. The summed E-state index contributed by atoms with van der Waals surface area (Å²) in [6, 6.07) is 13.7. The normalized spacial score (nSPS) is 13.6. The van der Waals surface area contributed by atoms with Gasteiger partial charge in [0, 0.05) is 18.8 Å². The van der Waals surface area contributed by atoms with Crippen molar-refractivity contribution in [2.45, 2.75) is 26.5 Å². The predicted molar refractivity (Wildman–Crippen MR) is 111 cm³/mol. The summed E-state index contributed by atoms with van der Waals surface area (Å²) in [6.45, 7) is 7.24. The van der Waals surface area contributed by atoms with E-state index in [9.17, 15) is 15.2 Å². The van der Waals surface area contributed by atoms with E-state index < -0.39 is 7.05 Å². The second kappa shape index (κ2) is 9.48. The van der Waals surface area contributed by atoms with Crippen LogP contribution in [0.4, 0.5) is 11.4 Å². The molecule has 0 aliphatic carbocycles. The minimum absolute atomic E-state index is 0.260. The lowest BCUT2D eigenvalue weighted by Crippen LogP contribution is -2.35. The van der Waals surface area contributed by atoms with Gasteiger partial charge in [0.1, 0.15) is 12.5 Å². The third-order valence-corrected chi connectivity index (χ3v) is 4.83. The number of nitrogens with zero attached hydrogens (tertiary/aromatic N) is 2. The van der Waals surface area contributed by atoms with Gasteiger partial charge in [0.25, 0.3) is 0 Å². The molecule has 2 aromatic carbocycles. The van der Waals surface area contributed by atoms with Crippen LogP contribution in [-0.4, -0.2) is 49.1 Å². The number of para-hydroxylation sites is 2. The summed E-state index contributed by atoms with van der Waals surface area (Å²) >= 11 is 0. The highest BCUT2D eigenvalue weighted by Gasteiger charge is 2.27. The number of rotatable bonds is 2. The average Bonchev–Trinajstić information content (AvgIpc) is 3.29. The van der Waals surface area contributed by atoms with Crippen LogP contribution >= 0.6 is 0 Å². The first-order chi connectivity index (χ1) is 13.0. The van der Waals surface area contributed by atoms with Gasteiger partial charge < -0.3 is 29.6 Å².